The van der Waals surface area contributed by atoms with Crippen LogP contribution in [0, 0.1) is 11.3 Å². The minimum Gasteiger partial charge on any atom is -0.370 e. The number of hydrogen-bond acceptors (Lipinski definition) is 2. The molecule has 1 heterocycles. The van der Waals surface area contributed by atoms with E-state index in [1.165, 1.54) is 0 Å². The Morgan fingerprint density at radius 3 is 2.15 bits per heavy atom. The number of rotatable bonds is 1. The van der Waals surface area contributed by atoms with Gasteiger partial charge in [0.1, 0.15) is 0 Å². The summed E-state index contributed by atoms with van der Waals surface area (Å²) in [6, 6.07) is 0. The molecule has 1 fully saturated rings. The summed E-state index contributed by atoms with van der Waals surface area (Å²) >= 11 is 0. The summed E-state index contributed by atoms with van der Waals surface area (Å²) in [6.07, 6.45) is 2.16. The van der Waals surface area contributed by atoms with Crippen LogP contribution in [-0.4, -0.2) is 30.5 Å². The smallest absolute Gasteiger partial charge is 0.188 e. The zero-order chi connectivity index (χ0) is 10.3. The zero-order valence-electron chi connectivity index (χ0n) is 8.71. The molecule has 0 amide bonds. The minimum atomic E-state index is 0.195. The number of piperidine rings is 1. The number of guanidine groups is 1. The Labute approximate surface area is 80.8 Å². The van der Waals surface area contributed by atoms with Crippen molar-refractivity contribution in [3.05, 3.63) is 0 Å². The lowest BCUT2D eigenvalue weighted by Gasteiger charge is -2.31. The Hall–Kier alpha value is -0.770. The van der Waals surface area contributed by atoms with E-state index in [-0.39, 0.29) is 5.96 Å². The lowest BCUT2D eigenvalue weighted by molar-refractivity contribution is 0.268. The van der Waals surface area contributed by atoms with E-state index < -0.39 is 0 Å². The van der Waals surface area contributed by atoms with Crippen molar-refractivity contribution in [2.75, 3.05) is 19.6 Å². The van der Waals surface area contributed by atoms with Crippen LogP contribution in [0.1, 0.15) is 26.7 Å². The van der Waals surface area contributed by atoms with Crippen molar-refractivity contribution >= 4 is 5.96 Å². The van der Waals surface area contributed by atoms with Gasteiger partial charge >= 0.3 is 0 Å². The molecule has 0 unspecified atom stereocenters. The first-order valence-electron chi connectivity index (χ1n) is 5.03. The molecule has 4 nitrogen and oxygen atoms in total. The monoisotopic (exact) mass is 186 g/mol. The molecule has 0 aromatic carbocycles. The normalized spacial score (nSPS) is 17.6. The maximum absolute atomic E-state index is 7.18. The molecule has 0 spiro atoms. The van der Waals surface area contributed by atoms with Crippen LogP contribution in [-0.2, 0) is 0 Å². The highest BCUT2D eigenvalue weighted by molar-refractivity contribution is 5.74. The summed E-state index contributed by atoms with van der Waals surface area (Å²) in [6.45, 7) is 6.57. The SMILES string of the molecule is CC.N=C(N)N1CCC(CN)CC1. The van der Waals surface area contributed by atoms with Gasteiger partial charge in [0.15, 0.2) is 5.96 Å². The topological polar surface area (TPSA) is 79.1 Å². The van der Waals surface area contributed by atoms with Gasteiger partial charge in [0.25, 0.3) is 0 Å². The molecular weight excluding hydrogens is 164 g/mol. The second-order valence-corrected chi connectivity index (χ2v) is 3.05. The number of likely N-dealkylation sites (tertiary alicyclic amines) is 1. The van der Waals surface area contributed by atoms with Gasteiger partial charge in [-0.05, 0) is 25.3 Å². The number of nitrogens with one attached hydrogen (secondary N) is 1. The van der Waals surface area contributed by atoms with Crippen LogP contribution in [0.3, 0.4) is 0 Å². The van der Waals surface area contributed by atoms with E-state index in [2.05, 4.69) is 0 Å². The number of nitrogens with two attached hydrogens (primary N) is 2. The number of nitrogens with zero attached hydrogens (tertiary/aromatic N) is 1. The molecule has 0 radical (unpaired) electrons. The average molecular weight is 186 g/mol. The molecule has 0 aromatic rings. The molecule has 0 saturated carbocycles. The minimum absolute atomic E-state index is 0.195. The molecular formula is C9H22N4. The van der Waals surface area contributed by atoms with Gasteiger partial charge in [0.2, 0.25) is 0 Å². The molecule has 1 saturated heterocycles. The second-order valence-electron chi connectivity index (χ2n) is 3.05. The predicted molar refractivity (Wildman–Crippen MR) is 56.6 cm³/mol. The highest BCUT2D eigenvalue weighted by Crippen LogP contribution is 2.14. The van der Waals surface area contributed by atoms with Crippen molar-refractivity contribution in [2.24, 2.45) is 17.4 Å². The molecule has 1 aliphatic heterocycles. The molecule has 0 atom stereocenters. The third-order valence-corrected chi connectivity index (χ3v) is 2.29. The van der Waals surface area contributed by atoms with E-state index in [1.807, 2.05) is 18.7 Å². The van der Waals surface area contributed by atoms with Crippen molar-refractivity contribution < 1.29 is 0 Å². The van der Waals surface area contributed by atoms with Gasteiger partial charge in [-0.25, -0.2) is 0 Å². The fourth-order valence-electron chi connectivity index (χ4n) is 1.41. The van der Waals surface area contributed by atoms with Crippen molar-refractivity contribution in [2.45, 2.75) is 26.7 Å². The number of hydrogen-bond donors (Lipinski definition) is 3. The molecule has 4 heteroatoms. The van der Waals surface area contributed by atoms with E-state index in [9.17, 15) is 0 Å². The fourth-order valence-corrected chi connectivity index (χ4v) is 1.41. The summed E-state index contributed by atoms with van der Waals surface area (Å²) in [5, 5.41) is 7.18. The quantitative estimate of drug-likeness (QED) is 0.414. The van der Waals surface area contributed by atoms with Gasteiger partial charge in [-0.1, -0.05) is 13.8 Å². The fraction of sp³-hybridized carbons (Fsp3) is 0.889. The lowest BCUT2D eigenvalue weighted by Crippen LogP contribution is -2.43. The molecule has 13 heavy (non-hydrogen) atoms. The summed E-state index contributed by atoms with van der Waals surface area (Å²) in [5.74, 6) is 0.839. The first-order valence-corrected chi connectivity index (χ1v) is 5.03. The van der Waals surface area contributed by atoms with Crippen LogP contribution in [0.2, 0.25) is 0 Å². The highest BCUT2D eigenvalue weighted by Gasteiger charge is 2.17. The third kappa shape index (κ3) is 4.12. The van der Waals surface area contributed by atoms with Crippen LogP contribution < -0.4 is 11.5 Å². The van der Waals surface area contributed by atoms with Crippen LogP contribution in [0.25, 0.3) is 0 Å². The van der Waals surface area contributed by atoms with Crippen LogP contribution >= 0.6 is 0 Å². The van der Waals surface area contributed by atoms with E-state index in [0.717, 1.165) is 32.5 Å². The van der Waals surface area contributed by atoms with E-state index in [1.54, 1.807) is 0 Å². The zero-order valence-corrected chi connectivity index (χ0v) is 8.71. The molecule has 0 aliphatic carbocycles. The van der Waals surface area contributed by atoms with E-state index >= 15 is 0 Å². The van der Waals surface area contributed by atoms with Gasteiger partial charge < -0.3 is 16.4 Å². The third-order valence-electron chi connectivity index (χ3n) is 2.29. The average Bonchev–Trinajstić information content (AvgIpc) is 2.21. The summed E-state index contributed by atoms with van der Waals surface area (Å²) in [7, 11) is 0. The Morgan fingerprint density at radius 1 is 1.38 bits per heavy atom. The van der Waals surface area contributed by atoms with Crippen LogP contribution in [0.15, 0.2) is 0 Å². The van der Waals surface area contributed by atoms with Crippen LogP contribution in [0.5, 0.6) is 0 Å². The van der Waals surface area contributed by atoms with Crippen molar-refractivity contribution in [1.82, 2.24) is 4.90 Å². The van der Waals surface area contributed by atoms with Gasteiger partial charge in [-0.2, -0.15) is 0 Å². The van der Waals surface area contributed by atoms with Crippen molar-refractivity contribution in [3.8, 4) is 0 Å². The Kier molecular flexibility index (Phi) is 6.32. The van der Waals surface area contributed by atoms with Gasteiger partial charge in [0.05, 0.1) is 0 Å². The van der Waals surface area contributed by atoms with Crippen molar-refractivity contribution in [1.29, 1.82) is 5.41 Å². The summed E-state index contributed by atoms with van der Waals surface area (Å²) < 4.78 is 0. The molecule has 1 aliphatic rings. The first kappa shape index (κ1) is 12.2. The van der Waals surface area contributed by atoms with E-state index in [4.69, 9.17) is 16.9 Å². The Morgan fingerprint density at radius 2 is 1.85 bits per heavy atom. The molecule has 0 bridgehead atoms. The molecule has 5 N–H and O–H groups in total. The second kappa shape index (κ2) is 6.71. The standard InChI is InChI=1S/C7H16N4.C2H6/c8-5-6-1-3-11(4-2-6)7(9)10;1-2/h6H,1-5,8H2,(H3,9,10);1-2H3. The maximum atomic E-state index is 7.18. The lowest BCUT2D eigenvalue weighted by atomic mass is 9.97. The van der Waals surface area contributed by atoms with E-state index in [0.29, 0.717) is 5.92 Å². The van der Waals surface area contributed by atoms with Crippen molar-refractivity contribution in [3.63, 3.8) is 0 Å². The molecule has 0 aromatic heterocycles. The summed E-state index contributed by atoms with van der Waals surface area (Å²) in [5.41, 5.74) is 10.9. The summed E-state index contributed by atoms with van der Waals surface area (Å²) in [4.78, 5) is 1.90. The molecule has 1 rings (SSSR count). The highest BCUT2D eigenvalue weighted by atomic mass is 15.2. The van der Waals surface area contributed by atoms with Gasteiger partial charge in [-0.15, -0.1) is 0 Å². The van der Waals surface area contributed by atoms with Crippen LogP contribution in [0.4, 0.5) is 0 Å². The van der Waals surface area contributed by atoms with Gasteiger partial charge in [0, 0.05) is 13.1 Å². The Balaban J connectivity index is 0.000000671. The Bertz CT molecular complexity index is 139. The largest absolute Gasteiger partial charge is 0.370 e. The van der Waals surface area contributed by atoms with Gasteiger partial charge in [-0.3, -0.25) is 5.41 Å². The first-order chi connectivity index (χ1) is 6.24. The predicted octanol–water partition coefficient (Wildman–Crippen LogP) is 0.577. The molecule has 78 valence electrons. The maximum Gasteiger partial charge on any atom is 0.188 e.